The second-order valence-electron chi connectivity index (χ2n) is 5.59. The van der Waals surface area contributed by atoms with Crippen molar-refractivity contribution in [3.05, 3.63) is 68.2 Å². The molecule has 3 rings (SSSR count). The van der Waals surface area contributed by atoms with Crippen molar-refractivity contribution >= 4 is 40.9 Å². The van der Waals surface area contributed by atoms with Gasteiger partial charge in [0.05, 0.1) is 28.8 Å². The first-order valence-corrected chi connectivity index (χ1v) is 8.80. The molecule has 0 aliphatic carbocycles. The lowest BCUT2D eigenvalue weighted by Crippen LogP contribution is -2.40. The molecular formula is C17H14Cl2N4O5. The monoisotopic (exact) mass is 424 g/mol. The van der Waals surface area contributed by atoms with Gasteiger partial charge in [0.1, 0.15) is 12.4 Å². The normalized spacial score (nSPS) is 13.1. The van der Waals surface area contributed by atoms with Crippen LogP contribution in [0.1, 0.15) is 5.56 Å². The van der Waals surface area contributed by atoms with Crippen molar-refractivity contribution in [1.29, 1.82) is 0 Å². The summed E-state index contributed by atoms with van der Waals surface area (Å²) in [4.78, 5) is 32.5. The molecule has 0 aromatic heterocycles. The Bertz CT molecular complexity index is 900. The quantitative estimate of drug-likeness (QED) is 0.574. The van der Waals surface area contributed by atoms with E-state index in [1.54, 1.807) is 30.3 Å². The van der Waals surface area contributed by atoms with Crippen molar-refractivity contribution in [2.45, 2.75) is 6.61 Å². The van der Waals surface area contributed by atoms with E-state index in [1.165, 1.54) is 17.0 Å². The minimum absolute atomic E-state index is 0.188. The third-order valence-electron chi connectivity index (χ3n) is 3.73. The summed E-state index contributed by atoms with van der Waals surface area (Å²) in [5.41, 5.74) is 1.01. The zero-order valence-corrected chi connectivity index (χ0v) is 15.8. The van der Waals surface area contributed by atoms with Crippen LogP contribution in [-0.4, -0.2) is 35.1 Å². The summed E-state index contributed by atoms with van der Waals surface area (Å²) in [7, 11) is 0. The molecule has 9 nitrogen and oxygen atoms in total. The van der Waals surface area contributed by atoms with Gasteiger partial charge in [-0.3, -0.25) is 4.99 Å². The van der Waals surface area contributed by atoms with Gasteiger partial charge in [-0.05, 0) is 29.8 Å². The van der Waals surface area contributed by atoms with Crippen molar-refractivity contribution in [3.63, 3.8) is 0 Å². The van der Waals surface area contributed by atoms with Gasteiger partial charge >= 0.3 is 6.09 Å². The lowest BCUT2D eigenvalue weighted by molar-refractivity contribution is -0.763. The van der Waals surface area contributed by atoms with Crippen LogP contribution in [-0.2, 0) is 11.4 Å². The van der Waals surface area contributed by atoms with Gasteiger partial charge in [-0.2, -0.15) is 0 Å². The van der Waals surface area contributed by atoms with Gasteiger partial charge < -0.3 is 14.9 Å². The zero-order chi connectivity index (χ0) is 20.1. The number of para-hydroxylation sites is 1. The van der Waals surface area contributed by atoms with E-state index in [2.05, 4.69) is 15.1 Å². The van der Waals surface area contributed by atoms with E-state index in [-0.39, 0.29) is 18.3 Å². The van der Waals surface area contributed by atoms with Crippen molar-refractivity contribution in [2.24, 2.45) is 4.99 Å². The second kappa shape index (κ2) is 8.77. The lowest BCUT2D eigenvalue weighted by Gasteiger charge is -2.19. The van der Waals surface area contributed by atoms with Gasteiger partial charge in [0, 0.05) is 0 Å². The SMILES string of the molecule is O=C(Oc1ccc(CO[N+](=O)[O-])cc1)N1CCN=C1Nc1c(Cl)cccc1Cl. The Kier molecular flexibility index (Phi) is 6.17. The van der Waals surface area contributed by atoms with Crippen LogP contribution in [0.15, 0.2) is 47.5 Å². The van der Waals surface area contributed by atoms with Gasteiger partial charge in [0.15, 0.2) is 0 Å². The number of rotatable bonds is 5. The van der Waals surface area contributed by atoms with Gasteiger partial charge in [0.2, 0.25) is 5.96 Å². The Morgan fingerprint density at radius 3 is 2.54 bits per heavy atom. The van der Waals surface area contributed by atoms with Crippen LogP contribution >= 0.6 is 23.2 Å². The number of ether oxygens (including phenoxy) is 1. The fourth-order valence-corrected chi connectivity index (χ4v) is 2.89. The molecule has 11 heteroatoms. The number of hydrogen-bond donors (Lipinski definition) is 1. The van der Waals surface area contributed by atoms with Crippen LogP contribution in [0.2, 0.25) is 10.0 Å². The molecule has 146 valence electrons. The standard InChI is InChI=1S/C17H14Cl2N4O5/c18-13-2-1-3-14(19)15(13)21-16-20-8-9-22(16)17(24)28-12-6-4-11(5-7-12)10-27-23(25)26/h1-7H,8-10H2,(H,20,21). The highest BCUT2D eigenvalue weighted by Gasteiger charge is 2.26. The average molecular weight is 425 g/mol. The molecule has 2 aromatic rings. The summed E-state index contributed by atoms with van der Waals surface area (Å²) in [6.07, 6.45) is -0.638. The molecule has 0 saturated carbocycles. The summed E-state index contributed by atoms with van der Waals surface area (Å²) in [5.74, 6) is 0.549. The lowest BCUT2D eigenvalue weighted by atomic mass is 10.2. The number of nitrogens with one attached hydrogen (secondary N) is 1. The largest absolute Gasteiger partial charge is 0.422 e. The van der Waals surface area contributed by atoms with E-state index in [9.17, 15) is 14.9 Å². The third-order valence-corrected chi connectivity index (χ3v) is 4.36. The van der Waals surface area contributed by atoms with Gasteiger partial charge in [-0.25, -0.2) is 9.69 Å². The average Bonchev–Trinajstić information content (AvgIpc) is 3.12. The van der Waals surface area contributed by atoms with E-state index in [1.807, 2.05) is 0 Å². The number of carbonyl (C=O) groups excluding carboxylic acids is 1. The molecule has 1 aliphatic heterocycles. The molecule has 1 amide bonds. The van der Waals surface area contributed by atoms with E-state index >= 15 is 0 Å². The summed E-state index contributed by atoms with van der Waals surface area (Å²) in [5, 5.41) is 13.1. The molecule has 0 atom stereocenters. The molecule has 0 fully saturated rings. The fourth-order valence-electron chi connectivity index (χ4n) is 2.40. The van der Waals surface area contributed by atoms with Gasteiger partial charge in [-0.15, -0.1) is 10.1 Å². The Balaban J connectivity index is 1.64. The maximum absolute atomic E-state index is 12.5. The third kappa shape index (κ3) is 4.81. The van der Waals surface area contributed by atoms with Crippen LogP contribution in [0, 0.1) is 10.1 Å². The maximum Gasteiger partial charge on any atom is 0.422 e. The zero-order valence-electron chi connectivity index (χ0n) is 14.3. The van der Waals surface area contributed by atoms with Crippen LogP contribution in [0.4, 0.5) is 10.5 Å². The fraction of sp³-hybridized carbons (Fsp3) is 0.176. The predicted octanol–water partition coefficient (Wildman–Crippen LogP) is 3.98. The number of guanidine groups is 1. The molecule has 0 spiro atoms. The summed E-state index contributed by atoms with van der Waals surface area (Å²) in [6.45, 7) is 0.543. The molecule has 0 radical (unpaired) electrons. The number of hydrogen-bond acceptors (Lipinski definition) is 7. The van der Waals surface area contributed by atoms with E-state index in [4.69, 9.17) is 27.9 Å². The maximum atomic E-state index is 12.5. The van der Waals surface area contributed by atoms with Crippen molar-refractivity contribution in [3.8, 4) is 5.75 Å². The first-order valence-electron chi connectivity index (χ1n) is 8.05. The Morgan fingerprint density at radius 2 is 1.89 bits per heavy atom. The topological polar surface area (TPSA) is 106 Å². The molecule has 2 aromatic carbocycles. The predicted molar refractivity (Wildman–Crippen MR) is 103 cm³/mol. The summed E-state index contributed by atoms with van der Waals surface area (Å²) >= 11 is 12.3. The molecular weight excluding hydrogens is 411 g/mol. The first-order chi connectivity index (χ1) is 13.4. The van der Waals surface area contributed by atoms with Gasteiger partial charge in [-0.1, -0.05) is 41.4 Å². The van der Waals surface area contributed by atoms with Crippen molar-refractivity contribution < 1.29 is 19.5 Å². The van der Waals surface area contributed by atoms with E-state index < -0.39 is 11.2 Å². The minimum atomic E-state index is -0.875. The molecule has 0 unspecified atom stereocenters. The number of amides is 1. The number of nitrogens with zero attached hydrogens (tertiary/aromatic N) is 3. The molecule has 1 aliphatic rings. The Hall–Kier alpha value is -3.04. The minimum Gasteiger partial charge on any atom is -0.410 e. The van der Waals surface area contributed by atoms with E-state index in [0.717, 1.165) is 0 Å². The highest BCUT2D eigenvalue weighted by molar-refractivity contribution is 6.39. The first kappa shape index (κ1) is 19.7. The Morgan fingerprint density at radius 1 is 1.21 bits per heavy atom. The number of benzene rings is 2. The molecule has 1 heterocycles. The van der Waals surface area contributed by atoms with Crippen LogP contribution < -0.4 is 10.1 Å². The van der Waals surface area contributed by atoms with Crippen LogP contribution in [0.5, 0.6) is 5.75 Å². The number of halogens is 2. The summed E-state index contributed by atoms with van der Waals surface area (Å²) < 4.78 is 5.33. The van der Waals surface area contributed by atoms with Gasteiger partial charge in [0.25, 0.3) is 5.09 Å². The Labute approximate surface area is 169 Å². The number of aliphatic imine (C=N–C) groups is 1. The van der Waals surface area contributed by atoms with Crippen molar-refractivity contribution in [1.82, 2.24) is 4.90 Å². The number of anilines is 1. The molecule has 28 heavy (non-hydrogen) atoms. The highest BCUT2D eigenvalue weighted by Crippen LogP contribution is 2.30. The molecule has 0 saturated heterocycles. The van der Waals surface area contributed by atoms with Crippen LogP contribution in [0.3, 0.4) is 0 Å². The number of carbonyl (C=O) groups is 1. The van der Waals surface area contributed by atoms with Crippen molar-refractivity contribution in [2.75, 3.05) is 18.4 Å². The second-order valence-corrected chi connectivity index (χ2v) is 6.40. The molecule has 0 bridgehead atoms. The van der Waals surface area contributed by atoms with E-state index in [0.29, 0.717) is 34.4 Å². The van der Waals surface area contributed by atoms with Crippen LogP contribution in [0.25, 0.3) is 0 Å². The summed E-state index contributed by atoms with van der Waals surface area (Å²) in [6, 6.07) is 11.2. The molecule has 1 N–H and O–H groups in total. The highest BCUT2D eigenvalue weighted by atomic mass is 35.5. The smallest absolute Gasteiger partial charge is 0.410 e.